The minimum atomic E-state index is -0.198. The number of ether oxygens (including phenoxy) is 1. The largest absolute Gasteiger partial charge is 0.497 e. The van der Waals surface area contributed by atoms with Crippen LogP contribution in [0.3, 0.4) is 0 Å². The molecule has 5 aromatic rings. The summed E-state index contributed by atoms with van der Waals surface area (Å²) in [4.78, 5) is 37.5. The summed E-state index contributed by atoms with van der Waals surface area (Å²) in [6.07, 6.45) is 5.17. The van der Waals surface area contributed by atoms with Crippen LogP contribution < -0.4 is 9.64 Å². The van der Waals surface area contributed by atoms with Gasteiger partial charge in [-0.2, -0.15) is 0 Å². The van der Waals surface area contributed by atoms with Crippen molar-refractivity contribution in [3.8, 4) is 5.75 Å². The monoisotopic (exact) mass is 530 g/mol. The van der Waals surface area contributed by atoms with Crippen molar-refractivity contribution in [2.75, 3.05) is 12.0 Å². The molecule has 0 aliphatic rings. The summed E-state index contributed by atoms with van der Waals surface area (Å²) < 4.78 is 7.11. The van der Waals surface area contributed by atoms with Crippen LogP contribution in [0.15, 0.2) is 78.6 Å². The average Bonchev–Trinajstić information content (AvgIpc) is 3.54. The number of methoxy groups -OCH3 is 1. The number of hydrogen-bond acceptors (Lipinski definition) is 6. The molecule has 2 aromatic carbocycles. The van der Waals surface area contributed by atoms with Crippen LogP contribution in [0.2, 0.25) is 5.02 Å². The molecule has 0 N–H and O–H groups in total. The molecule has 9 heteroatoms. The minimum absolute atomic E-state index is 0.0844. The van der Waals surface area contributed by atoms with Crippen LogP contribution in [-0.4, -0.2) is 33.5 Å². The molecule has 186 valence electrons. The molecular weight excluding hydrogens is 508 g/mol. The number of fused-ring (bicyclic) bond motifs is 1. The molecule has 0 atom stereocenters. The lowest BCUT2D eigenvalue weighted by Crippen LogP contribution is -2.32. The number of nitrogens with zero attached hydrogens (tertiary/aromatic N) is 4. The number of aromatic nitrogens is 3. The summed E-state index contributed by atoms with van der Waals surface area (Å²) in [6.45, 7) is 2.22. The fourth-order valence-electron chi connectivity index (χ4n) is 4.32. The van der Waals surface area contributed by atoms with Gasteiger partial charge in [-0.3, -0.25) is 24.0 Å². The third kappa shape index (κ3) is 4.98. The first-order valence-electron chi connectivity index (χ1n) is 11.5. The van der Waals surface area contributed by atoms with Crippen molar-refractivity contribution in [1.29, 1.82) is 0 Å². The number of benzene rings is 2. The Morgan fingerprint density at radius 3 is 2.49 bits per heavy atom. The number of carbonyl (C=O) groups excluding carboxylic acids is 2. The smallest absolute Gasteiger partial charge is 0.262 e. The molecule has 3 heterocycles. The maximum atomic E-state index is 13.8. The van der Waals surface area contributed by atoms with Crippen LogP contribution in [0.5, 0.6) is 5.75 Å². The second-order valence-electron chi connectivity index (χ2n) is 8.42. The van der Waals surface area contributed by atoms with Crippen LogP contribution in [0.1, 0.15) is 27.2 Å². The van der Waals surface area contributed by atoms with Gasteiger partial charge in [0.15, 0.2) is 5.13 Å². The van der Waals surface area contributed by atoms with Gasteiger partial charge in [0.25, 0.3) is 5.91 Å². The van der Waals surface area contributed by atoms with E-state index < -0.39 is 0 Å². The van der Waals surface area contributed by atoms with Crippen molar-refractivity contribution < 1.29 is 14.3 Å². The number of carbonyl (C=O) groups is 2. The van der Waals surface area contributed by atoms with Gasteiger partial charge in [-0.05, 0) is 72.6 Å². The zero-order chi connectivity index (χ0) is 25.9. The van der Waals surface area contributed by atoms with E-state index in [1.54, 1.807) is 59.4 Å². The summed E-state index contributed by atoms with van der Waals surface area (Å²) in [5.74, 6) is 0.318. The van der Waals surface area contributed by atoms with Crippen molar-refractivity contribution in [1.82, 2.24) is 14.5 Å². The minimum Gasteiger partial charge on any atom is -0.497 e. The van der Waals surface area contributed by atoms with Crippen LogP contribution in [0.4, 0.5) is 5.13 Å². The Hall–Kier alpha value is -4.01. The Morgan fingerprint density at radius 2 is 1.81 bits per heavy atom. The molecule has 7 nitrogen and oxygen atoms in total. The molecule has 0 saturated heterocycles. The third-order valence-corrected chi connectivity index (χ3v) is 7.25. The highest BCUT2D eigenvalue weighted by Crippen LogP contribution is 2.32. The fourth-order valence-corrected chi connectivity index (χ4v) is 5.11. The molecule has 0 bridgehead atoms. The lowest BCUT2D eigenvalue weighted by atomic mass is 10.1. The van der Waals surface area contributed by atoms with Gasteiger partial charge in [0.05, 0.1) is 25.6 Å². The Bertz CT molecular complexity index is 1570. The van der Waals surface area contributed by atoms with E-state index in [0.29, 0.717) is 39.2 Å². The lowest BCUT2D eigenvalue weighted by Gasteiger charge is -2.20. The van der Waals surface area contributed by atoms with Gasteiger partial charge in [0.1, 0.15) is 5.75 Å². The summed E-state index contributed by atoms with van der Waals surface area (Å²) in [5, 5.41) is 3.79. The molecule has 0 aliphatic heterocycles. The molecule has 0 saturated carbocycles. The van der Waals surface area contributed by atoms with Gasteiger partial charge < -0.3 is 4.74 Å². The molecule has 0 fully saturated rings. The van der Waals surface area contributed by atoms with Gasteiger partial charge in [0.2, 0.25) is 5.91 Å². The molecule has 0 unspecified atom stereocenters. The Labute approximate surface area is 222 Å². The number of thiazole rings is 1. The summed E-state index contributed by atoms with van der Waals surface area (Å²) in [6, 6.07) is 16.0. The van der Waals surface area contributed by atoms with Crippen molar-refractivity contribution in [3.05, 3.63) is 106 Å². The topological polar surface area (TPSA) is 77.3 Å². The SMILES string of the molecule is COc1ccc2c(c1)c(CC(=O)N(Cc1ccncc1)c1nccs1)c(C)n2C(=O)c1ccc(Cl)cc1. The van der Waals surface area contributed by atoms with Gasteiger partial charge in [-0.1, -0.05) is 11.6 Å². The van der Waals surface area contributed by atoms with Crippen molar-refractivity contribution in [2.45, 2.75) is 19.9 Å². The van der Waals surface area contributed by atoms with E-state index in [1.165, 1.54) is 11.3 Å². The van der Waals surface area contributed by atoms with E-state index >= 15 is 0 Å². The molecule has 0 spiro atoms. The van der Waals surface area contributed by atoms with Crippen molar-refractivity contribution in [3.63, 3.8) is 0 Å². The first-order valence-corrected chi connectivity index (χ1v) is 12.8. The van der Waals surface area contributed by atoms with Crippen LogP contribution >= 0.6 is 22.9 Å². The number of hydrogen-bond donors (Lipinski definition) is 0. The predicted octanol–water partition coefficient (Wildman–Crippen LogP) is 5.93. The van der Waals surface area contributed by atoms with E-state index in [2.05, 4.69) is 9.97 Å². The second-order valence-corrected chi connectivity index (χ2v) is 9.73. The number of rotatable bonds is 7. The normalized spacial score (nSPS) is 11.0. The number of halogens is 1. The number of pyridine rings is 1. The van der Waals surface area contributed by atoms with E-state index in [9.17, 15) is 9.59 Å². The van der Waals surface area contributed by atoms with Gasteiger partial charge in [-0.25, -0.2) is 4.98 Å². The number of anilines is 1. The van der Waals surface area contributed by atoms with E-state index in [1.807, 2.05) is 42.6 Å². The maximum absolute atomic E-state index is 13.8. The van der Waals surface area contributed by atoms with Crippen molar-refractivity contribution in [2.24, 2.45) is 0 Å². The summed E-state index contributed by atoms with van der Waals surface area (Å²) in [7, 11) is 1.59. The first kappa shape index (κ1) is 24.7. The average molecular weight is 531 g/mol. The molecule has 3 aromatic heterocycles. The van der Waals surface area contributed by atoms with Gasteiger partial charge >= 0.3 is 0 Å². The first-order chi connectivity index (χ1) is 18.0. The molecule has 5 rings (SSSR count). The Balaban J connectivity index is 1.57. The summed E-state index contributed by atoms with van der Waals surface area (Å²) in [5.41, 5.74) is 3.60. The van der Waals surface area contributed by atoms with E-state index in [4.69, 9.17) is 16.3 Å². The van der Waals surface area contributed by atoms with Crippen molar-refractivity contribution >= 4 is 50.8 Å². The molecule has 0 aliphatic carbocycles. The third-order valence-electron chi connectivity index (χ3n) is 6.21. The second kappa shape index (κ2) is 10.5. The summed E-state index contributed by atoms with van der Waals surface area (Å²) >= 11 is 7.43. The van der Waals surface area contributed by atoms with E-state index in [0.717, 1.165) is 16.5 Å². The molecular formula is C28H23ClN4O3S. The predicted molar refractivity (Wildman–Crippen MR) is 146 cm³/mol. The highest BCUT2D eigenvalue weighted by molar-refractivity contribution is 7.13. The quantitative estimate of drug-likeness (QED) is 0.261. The lowest BCUT2D eigenvalue weighted by molar-refractivity contribution is -0.118. The standard InChI is InChI=1S/C28H23ClN4O3S/c1-18-23(16-26(34)32(28-31-13-14-37-28)17-19-9-11-30-12-10-19)24-15-22(36-2)7-8-25(24)33(18)27(35)20-3-5-21(29)6-4-20/h3-15H,16-17H2,1-2H3. The van der Waals surface area contributed by atoms with Crippen LogP contribution in [0.25, 0.3) is 10.9 Å². The maximum Gasteiger partial charge on any atom is 0.262 e. The number of amides is 1. The molecule has 1 amide bonds. The zero-order valence-corrected chi connectivity index (χ0v) is 21.8. The highest BCUT2D eigenvalue weighted by atomic mass is 35.5. The molecule has 37 heavy (non-hydrogen) atoms. The molecule has 0 radical (unpaired) electrons. The Morgan fingerprint density at radius 1 is 1.05 bits per heavy atom. The zero-order valence-electron chi connectivity index (χ0n) is 20.2. The van der Waals surface area contributed by atoms with Crippen LogP contribution in [-0.2, 0) is 17.8 Å². The van der Waals surface area contributed by atoms with E-state index in [-0.39, 0.29) is 18.2 Å². The highest BCUT2D eigenvalue weighted by Gasteiger charge is 2.25. The Kier molecular flexibility index (Phi) is 7.03. The van der Waals surface area contributed by atoms with Gasteiger partial charge in [0, 0.05) is 45.6 Å². The van der Waals surface area contributed by atoms with Crippen LogP contribution in [0, 0.1) is 6.92 Å². The fraction of sp³-hybridized carbons (Fsp3) is 0.143. The van der Waals surface area contributed by atoms with Gasteiger partial charge in [-0.15, -0.1) is 11.3 Å².